The Hall–Kier alpha value is -0.770. The largest absolute Gasteiger partial charge is 0.506 e. The molecule has 88 valence electrons. The van der Waals surface area contributed by atoms with Gasteiger partial charge in [0.2, 0.25) is 0 Å². The second kappa shape index (κ2) is 5.04. The zero-order chi connectivity index (χ0) is 11.5. The lowest BCUT2D eigenvalue weighted by molar-refractivity contribution is -0.00463. The van der Waals surface area contributed by atoms with E-state index in [-0.39, 0.29) is 5.75 Å². The number of nitrogens with zero attached hydrogens (tertiary/aromatic N) is 1. The van der Waals surface area contributed by atoms with Gasteiger partial charge in [-0.25, -0.2) is 0 Å². The van der Waals surface area contributed by atoms with E-state index in [1.165, 1.54) is 0 Å². The van der Waals surface area contributed by atoms with Gasteiger partial charge in [0.15, 0.2) is 0 Å². The molecule has 1 aliphatic rings. The van der Waals surface area contributed by atoms with E-state index in [0.29, 0.717) is 11.1 Å². The van der Waals surface area contributed by atoms with Gasteiger partial charge < -0.3 is 9.84 Å². The van der Waals surface area contributed by atoms with Crippen LogP contribution in [-0.4, -0.2) is 35.8 Å². The molecule has 1 aromatic rings. The lowest BCUT2D eigenvalue weighted by Crippen LogP contribution is -2.42. The number of morpholine rings is 1. The summed E-state index contributed by atoms with van der Waals surface area (Å²) in [5, 5.41) is 10.2. The van der Waals surface area contributed by atoms with E-state index in [1.807, 2.05) is 12.1 Å². The number of hydrogen-bond acceptors (Lipinski definition) is 3. The van der Waals surface area contributed by atoms with Gasteiger partial charge in [-0.1, -0.05) is 23.7 Å². The van der Waals surface area contributed by atoms with Crippen molar-refractivity contribution >= 4 is 11.6 Å². The molecule has 0 aromatic heterocycles. The van der Waals surface area contributed by atoms with Crippen molar-refractivity contribution in [2.24, 2.45) is 0 Å². The molecular formula is C12H16ClNO2. The van der Waals surface area contributed by atoms with Crippen LogP contribution in [0.25, 0.3) is 0 Å². The Bertz CT molecular complexity index is 370. The molecule has 1 heterocycles. The molecule has 1 aliphatic heterocycles. The van der Waals surface area contributed by atoms with Crippen LogP contribution >= 0.6 is 11.6 Å². The van der Waals surface area contributed by atoms with Gasteiger partial charge in [-0.05, 0) is 13.0 Å². The topological polar surface area (TPSA) is 32.7 Å². The van der Waals surface area contributed by atoms with Crippen molar-refractivity contribution in [3.05, 3.63) is 28.8 Å². The van der Waals surface area contributed by atoms with Crippen molar-refractivity contribution in [1.82, 2.24) is 4.90 Å². The van der Waals surface area contributed by atoms with Crippen LogP contribution < -0.4 is 0 Å². The van der Waals surface area contributed by atoms with E-state index in [4.69, 9.17) is 16.3 Å². The monoisotopic (exact) mass is 241 g/mol. The number of ether oxygens (including phenoxy) is 1. The zero-order valence-electron chi connectivity index (χ0n) is 9.32. The van der Waals surface area contributed by atoms with Crippen molar-refractivity contribution < 1.29 is 9.84 Å². The normalized spacial score (nSPS) is 22.2. The molecule has 0 spiro atoms. The second-order valence-electron chi connectivity index (χ2n) is 4.14. The van der Waals surface area contributed by atoms with Gasteiger partial charge in [-0.2, -0.15) is 0 Å². The standard InChI is InChI=1S/C12H16ClNO2/c1-9-8-16-6-5-14(9)7-10-3-2-4-11(13)12(10)15/h2-4,9,15H,5-8H2,1H3. The minimum Gasteiger partial charge on any atom is -0.506 e. The van der Waals surface area contributed by atoms with Crippen molar-refractivity contribution in [3.8, 4) is 5.75 Å². The molecule has 3 nitrogen and oxygen atoms in total. The summed E-state index contributed by atoms with van der Waals surface area (Å²) in [6.07, 6.45) is 0. The highest BCUT2D eigenvalue weighted by Crippen LogP contribution is 2.28. The number of benzene rings is 1. The third-order valence-corrected chi connectivity index (χ3v) is 3.25. The Labute approximate surface area is 101 Å². The van der Waals surface area contributed by atoms with Gasteiger partial charge in [0.05, 0.1) is 18.2 Å². The molecule has 0 bridgehead atoms. The molecular weight excluding hydrogens is 226 g/mol. The highest BCUT2D eigenvalue weighted by Gasteiger charge is 2.20. The molecule has 1 unspecified atom stereocenters. The van der Waals surface area contributed by atoms with Gasteiger partial charge in [-0.15, -0.1) is 0 Å². The number of rotatable bonds is 2. The summed E-state index contributed by atoms with van der Waals surface area (Å²) in [6, 6.07) is 5.85. The maximum atomic E-state index is 9.82. The summed E-state index contributed by atoms with van der Waals surface area (Å²) in [7, 11) is 0. The third-order valence-electron chi connectivity index (χ3n) is 2.95. The quantitative estimate of drug-likeness (QED) is 0.862. The fourth-order valence-corrected chi connectivity index (χ4v) is 2.10. The lowest BCUT2D eigenvalue weighted by atomic mass is 10.1. The Morgan fingerprint density at radius 1 is 1.56 bits per heavy atom. The first-order chi connectivity index (χ1) is 7.68. The van der Waals surface area contributed by atoms with Crippen LogP contribution in [0.1, 0.15) is 12.5 Å². The second-order valence-corrected chi connectivity index (χ2v) is 4.55. The zero-order valence-corrected chi connectivity index (χ0v) is 10.1. The minimum absolute atomic E-state index is 0.197. The van der Waals surface area contributed by atoms with Crippen molar-refractivity contribution in [2.45, 2.75) is 19.5 Å². The van der Waals surface area contributed by atoms with E-state index < -0.39 is 0 Å². The Balaban J connectivity index is 2.10. The van der Waals surface area contributed by atoms with Crippen LogP contribution in [0.4, 0.5) is 0 Å². The van der Waals surface area contributed by atoms with Gasteiger partial charge >= 0.3 is 0 Å². The molecule has 1 atom stereocenters. The molecule has 1 aromatic carbocycles. The molecule has 1 N–H and O–H groups in total. The predicted octanol–water partition coefficient (Wildman–Crippen LogP) is 2.27. The van der Waals surface area contributed by atoms with Crippen LogP contribution in [0.2, 0.25) is 5.02 Å². The van der Waals surface area contributed by atoms with Crippen molar-refractivity contribution in [2.75, 3.05) is 19.8 Å². The van der Waals surface area contributed by atoms with Crippen LogP contribution in [0.15, 0.2) is 18.2 Å². The average Bonchev–Trinajstić information content (AvgIpc) is 2.28. The Kier molecular flexibility index (Phi) is 3.69. The Morgan fingerprint density at radius 3 is 3.12 bits per heavy atom. The summed E-state index contributed by atoms with van der Waals surface area (Å²) >= 11 is 5.87. The molecule has 0 aliphatic carbocycles. The summed E-state index contributed by atoms with van der Waals surface area (Å²) < 4.78 is 5.37. The van der Waals surface area contributed by atoms with Gasteiger partial charge in [0.25, 0.3) is 0 Å². The molecule has 16 heavy (non-hydrogen) atoms. The van der Waals surface area contributed by atoms with E-state index in [2.05, 4.69) is 11.8 Å². The van der Waals surface area contributed by atoms with Crippen LogP contribution in [0, 0.1) is 0 Å². The molecule has 2 rings (SSSR count). The summed E-state index contributed by atoms with van der Waals surface area (Å²) in [5.74, 6) is 0.197. The highest BCUT2D eigenvalue weighted by molar-refractivity contribution is 6.32. The molecule has 4 heteroatoms. The van der Waals surface area contributed by atoms with E-state index in [9.17, 15) is 5.11 Å². The van der Waals surface area contributed by atoms with E-state index in [1.54, 1.807) is 6.07 Å². The number of para-hydroxylation sites is 1. The molecule has 0 saturated carbocycles. The maximum absolute atomic E-state index is 9.82. The fraction of sp³-hybridized carbons (Fsp3) is 0.500. The number of halogens is 1. The fourth-order valence-electron chi connectivity index (χ4n) is 1.90. The van der Waals surface area contributed by atoms with Crippen LogP contribution in [0.5, 0.6) is 5.75 Å². The average molecular weight is 242 g/mol. The summed E-state index contributed by atoms with van der Waals surface area (Å²) in [6.45, 7) is 5.25. The van der Waals surface area contributed by atoms with Gasteiger partial charge in [0, 0.05) is 24.7 Å². The van der Waals surface area contributed by atoms with Gasteiger partial charge in [-0.3, -0.25) is 4.90 Å². The number of hydrogen-bond donors (Lipinski definition) is 1. The smallest absolute Gasteiger partial charge is 0.138 e. The SMILES string of the molecule is CC1COCCN1Cc1cccc(Cl)c1O. The molecule has 0 amide bonds. The molecule has 1 saturated heterocycles. The Morgan fingerprint density at radius 2 is 2.38 bits per heavy atom. The first-order valence-corrected chi connectivity index (χ1v) is 5.84. The maximum Gasteiger partial charge on any atom is 0.138 e. The first-order valence-electron chi connectivity index (χ1n) is 5.46. The van der Waals surface area contributed by atoms with E-state index >= 15 is 0 Å². The molecule has 0 radical (unpaired) electrons. The summed E-state index contributed by atoms with van der Waals surface area (Å²) in [4.78, 5) is 2.29. The van der Waals surface area contributed by atoms with Crippen LogP contribution in [-0.2, 0) is 11.3 Å². The first kappa shape index (κ1) is 11.7. The number of phenols is 1. The van der Waals surface area contributed by atoms with E-state index in [0.717, 1.165) is 31.9 Å². The van der Waals surface area contributed by atoms with Crippen LogP contribution in [0.3, 0.4) is 0 Å². The summed E-state index contributed by atoms with van der Waals surface area (Å²) in [5.41, 5.74) is 0.876. The highest BCUT2D eigenvalue weighted by atomic mass is 35.5. The third kappa shape index (κ3) is 2.48. The lowest BCUT2D eigenvalue weighted by Gasteiger charge is -2.33. The van der Waals surface area contributed by atoms with Gasteiger partial charge in [0.1, 0.15) is 5.75 Å². The minimum atomic E-state index is 0.197. The number of phenolic OH excluding ortho intramolecular Hbond substituents is 1. The van der Waals surface area contributed by atoms with Crippen molar-refractivity contribution in [3.63, 3.8) is 0 Å². The van der Waals surface area contributed by atoms with Crippen molar-refractivity contribution in [1.29, 1.82) is 0 Å². The predicted molar refractivity (Wildman–Crippen MR) is 63.8 cm³/mol. The molecule has 1 fully saturated rings. The number of aromatic hydroxyl groups is 1.